The van der Waals surface area contributed by atoms with E-state index in [1.54, 1.807) is 0 Å². The molecule has 4 heteroatoms. The molecule has 2 heterocycles. The molecule has 2 rings (SSSR count). The first kappa shape index (κ1) is 12.5. The number of aryl methyl sites for hydroxylation is 2. The minimum atomic E-state index is 0.210. The number of nitrogens with zero attached hydrogens (tertiary/aromatic N) is 3. The maximum absolute atomic E-state index is 9.11. The van der Waals surface area contributed by atoms with Gasteiger partial charge in [-0.25, -0.2) is 9.97 Å². The van der Waals surface area contributed by atoms with Crippen LogP contribution < -0.4 is 0 Å². The van der Waals surface area contributed by atoms with Gasteiger partial charge in [0.25, 0.3) is 0 Å². The van der Waals surface area contributed by atoms with Crippen LogP contribution in [0.2, 0.25) is 0 Å². The summed E-state index contributed by atoms with van der Waals surface area (Å²) >= 11 is 0. The van der Waals surface area contributed by atoms with Crippen LogP contribution in [0.3, 0.4) is 0 Å². The number of aromatic nitrogens is 2. The first-order chi connectivity index (χ1) is 8.20. The fraction of sp³-hybridized carbons (Fsp3) is 0.692. The molecule has 0 saturated carbocycles. The third kappa shape index (κ3) is 3.01. The third-order valence-electron chi connectivity index (χ3n) is 3.30. The number of β-amino-alcohol motifs (C(OH)–C–C–N with tert-alkyl or cyclic N) is 1. The van der Waals surface area contributed by atoms with E-state index < -0.39 is 0 Å². The third-order valence-corrected chi connectivity index (χ3v) is 3.30. The van der Waals surface area contributed by atoms with Gasteiger partial charge in [-0.2, -0.15) is 0 Å². The quantitative estimate of drug-likeness (QED) is 0.864. The van der Waals surface area contributed by atoms with Crippen LogP contribution in [0.25, 0.3) is 0 Å². The summed E-state index contributed by atoms with van der Waals surface area (Å²) in [5.41, 5.74) is 2.06. The van der Waals surface area contributed by atoms with Crippen LogP contribution in [0.4, 0.5) is 0 Å². The SMILES string of the molecule is Cc1cc(C)nc([C@H]2CCCCN2CCO)n1. The first-order valence-electron chi connectivity index (χ1n) is 6.38. The van der Waals surface area contributed by atoms with Crippen LogP contribution in [-0.4, -0.2) is 39.7 Å². The average Bonchev–Trinajstić information content (AvgIpc) is 2.29. The molecule has 1 N–H and O–H groups in total. The predicted octanol–water partition coefficient (Wildman–Crippen LogP) is 1.61. The molecule has 0 aliphatic carbocycles. The van der Waals surface area contributed by atoms with Crippen LogP contribution in [0.15, 0.2) is 6.07 Å². The van der Waals surface area contributed by atoms with Gasteiger partial charge in [0.2, 0.25) is 0 Å². The Morgan fingerprint density at radius 2 is 2.00 bits per heavy atom. The molecule has 17 heavy (non-hydrogen) atoms. The van der Waals surface area contributed by atoms with E-state index in [1.807, 2.05) is 19.9 Å². The molecule has 94 valence electrons. The summed E-state index contributed by atoms with van der Waals surface area (Å²) in [4.78, 5) is 11.4. The van der Waals surface area contributed by atoms with Crippen LogP contribution in [0.1, 0.15) is 42.5 Å². The topological polar surface area (TPSA) is 49.2 Å². The molecule has 1 saturated heterocycles. The van der Waals surface area contributed by atoms with Crippen LogP contribution in [0, 0.1) is 13.8 Å². The van der Waals surface area contributed by atoms with Gasteiger partial charge in [0.15, 0.2) is 0 Å². The molecule has 1 aliphatic rings. The molecule has 1 atom stereocenters. The Kier molecular flexibility index (Phi) is 4.07. The number of hydrogen-bond donors (Lipinski definition) is 1. The van der Waals surface area contributed by atoms with Crippen molar-refractivity contribution in [3.05, 3.63) is 23.3 Å². The first-order valence-corrected chi connectivity index (χ1v) is 6.38. The molecule has 0 aromatic carbocycles. The second kappa shape index (κ2) is 5.56. The van der Waals surface area contributed by atoms with Crippen molar-refractivity contribution in [2.75, 3.05) is 19.7 Å². The minimum absolute atomic E-state index is 0.210. The van der Waals surface area contributed by atoms with Gasteiger partial charge >= 0.3 is 0 Å². The molecule has 0 unspecified atom stereocenters. The number of aliphatic hydroxyl groups excluding tert-OH is 1. The summed E-state index contributed by atoms with van der Waals surface area (Å²) < 4.78 is 0. The average molecular weight is 235 g/mol. The summed E-state index contributed by atoms with van der Waals surface area (Å²) in [6, 6.07) is 2.29. The van der Waals surface area contributed by atoms with Crippen molar-refractivity contribution in [3.8, 4) is 0 Å². The number of hydrogen-bond acceptors (Lipinski definition) is 4. The Bertz CT molecular complexity index is 359. The lowest BCUT2D eigenvalue weighted by atomic mass is 10.0. The summed E-state index contributed by atoms with van der Waals surface area (Å²) in [7, 11) is 0. The van der Waals surface area contributed by atoms with Crippen molar-refractivity contribution in [2.45, 2.75) is 39.2 Å². The zero-order chi connectivity index (χ0) is 12.3. The second-order valence-electron chi connectivity index (χ2n) is 4.78. The fourth-order valence-electron chi connectivity index (χ4n) is 2.58. The van der Waals surface area contributed by atoms with Gasteiger partial charge in [0.05, 0.1) is 12.6 Å². The standard InChI is InChI=1S/C13H21N3O/c1-10-9-11(2)15-13(14-10)12-5-3-4-6-16(12)7-8-17/h9,12,17H,3-8H2,1-2H3/t12-/m1/s1. The predicted molar refractivity (Wildman–Crippen MR) is 66.8 cm³/mol. The highest BCUT2D eigenvalue weighted by atomic mass is 16.3. The van der Waals surface area contributed by atoms with Gasteiger partial charge in [-0.05, 0) is 39.3 Å². The van der Waals surface area contributed by atoms with E-state index in [-0.39, 0.29) is 12.6 Å². The van der Waals surface area contributed by atoms with Gasteiger partial charge in [0.1, 0.15) is 5.82 Å². The van der Waals surface area contributed by atoms with Gasteiger partial charge in [-0.3, -0.25) is 4.90 Å². The summed E-state index contributed by atoms with van der Waals surface area (Å²) in [5, 5.41) is 9.11. The highest BCUT2D eigenvalue weighted by Gasteiger charge is 2.25. The smallest absolute Gasteiger partial charge is 0.145 e. The second-order valence-corrected chi connectivity index (χ2v) is 4.78. The normalized spacial score (nSPS) is 21.7. The Labute approximate surface area is 103 Å². The molecule has 0 bridgehead atoms. The molecule has 0 spiro atoms. The number of likely N-dealkylation sites (tertiary alicyclic amines) is 1. The Hall–Kier alpha value is -1.00. The van der Waals surface area contributed by atoms with Gasteiger partial charge in [0, 0.05) is 17.9 Å². The van der Waals surface area contributed by atoms with Crippen molar-refractivity contribution in [3.63, 3.8) is 0 Å². The molecule has 0 radical (unpaired) electrons. The highest BCUT2D eigenvalue weighted by Crippen LogP contribution is 2.28. The van der Waals surface area contributed by atoms with E-state index in [1.165, 1.54) is 12.8 Å². The van der Waals surface area contributed by atoms with Crippen LogP contribution >= 0.6 is 0 Å². The minimum Gasteiger partial charge on any atom is -0.395 e. The van der Waals surface area contributed by atoms with E-state index in [4.69, 9.17) is 5.11 Å². The lowest BCUT2D eigenvalue weighted by molar-refractivity contribution is 0.112. The summed E-state index contributed by atoms with van der Waals surface area (Å²) in [6.07, 6.45) is 3.53. The Morgan fingerprint density at radius 1 is 1.29 bits per heavy atom. The van der Waals surface area contributed by atoms with Crippen molar-refractivity contribution < 1.29 is 5.11 Å². The van der Waals surface area contributed by atoms with Gasteiger partial charge in [-0.1, -0.05) is 6.42 Å². The van der Waals surface area contributed by atoms with Crippen molar-refractivity contribution in [1.82, 2.24) is 14.9 Å². The van der Waals surface area contributed by atoms with E-state index in [0.717, 1.165) is 36.7 Å². The molecular formula is C13H21N3O. The van der Waals surface area contributed by atoms with E-state index in [2.05, 4.69) is 14.9 Å². The Morgan fingerprint density at radius 3 is 2.65 bits per heavy atom. The molecule has 1 fully saturated rings. The molecule has 0 amide bonds. The molecule has 1 aromatic heterocycles. The monoisotopic (exact) mass is 235 g/mol. The molecule has 4 nitrogen and oxygen atoms in total. The molecule has 1 aromatic rings. The zero-order valence-electron chi connectivity index (χ0n) is 10.7. The fourth-order valence-corrected chi connectivity index (χ4v) is 2.58. The largest absolute Gasteiger partial charge is 0.395 e. The van der Waals surface area contributed by atoms with Crippen molar-refractivity contribution >= 4 is 0 Å². The van der Waals surface area contributed by atoms with Crippen molar-refractivity contribution in [2.24, 2.45) is 0 Å². The number of aliphatic hydroxyl groups is 1. The number of rotatable bonds is 3. The molecular weight excluding hydrogens is 214 g/mol. The van der Waals surface area contributed by atoms with E-state index in [0.29, 0.717) is 0 Å². The Balaban J connectivity index is 2.22. The highest BCUT2D eigenvalue weighted by molar-refractivity contribution is 5.11. The van der Waals surface area contributed by atoms with E-state index >= 15 is 0 Å². The van der Waals surface area contributed by atoms with Crippen molar-refractivity contribution in [1.29, 1.82) is 0 Å². The van der Waals surface area contributed by atoms with Crippen LogP contribution in [0.5, 0.6) is 0 Å². The van der Waals surface area contributed by atoms with Gasteiger partial charge in [-0.15, -0.1) is 0 Å². The van der Waals surface area contributed by atoms with E-state index in [9.17, 15) is 0 Å². The number of piperidine rings is 1. The van der Waals surface area contributed by atoms with Gasteiger partial charge < -0.3 is 5.11 Å². The lowest BCUT2D eigenvalue weighted by Gasteiger charge is -2.34. The maximum atomic E-state index is 9.11. The summed E-state index contributed by atoms with van der Waals surface area (Å²) in [5.74, 6) is 0.927. The van der Waals surface area contributed by atoms with Crippen LogP contribution in [-0.2, 0) is 0 Å². The summed E-state index contributed by atoms with van der Waals surface area (Å²) in [6.45, 7) is 6.00. The lowest BCUT2D eigenvalue weighted by Crippen LogP contribution is -2.36. The zero-order valence-corrected chi connectivity index (χ0v) is 10.7. The molecule has 1 aliphatic heterocycles. The maximum Gasteiger partial charge on any atom is 0.145 e.